The van der Waals surface area contributed by atoms with Crippen LogP contribution >= 0.6 is 0 Å². The summed E-state index contributed by atoms with van der Waals surface area (Å²) < 4.78 is 18.5. The molecule has 0 radical (unpaired) electrons. The number of nitrogens with two attached hydrogens (primary N) is 1. The molecule has 0 saturated carbocycles. The van der Waals surface area contributed by atoms with E-state index < -0.39 is 0 Å². The van der Waals surface area contributed by atoms with Crippen LogP contribution in [0.2, 0.25) is 0 Å². The number of anilines is 1. The van der Waals surface area contributed by atoms with E-state index in [1.54, 1.807) is 0 Å². The highest BCUT2D eigenvalue weighted by Gasteiger charge is 2.13. The Labute approximate surface area is 101 Å². The van der Waals surface area contributed by atoms with E-state index in [0.717, 1.165) is 37.6 Å². The second-order valence-corrected chi connectivity index (χ2v) is 3.94. The zero-order chi connectivity index (χ0) is 12.1. The maximum absolute atomic E-state index is 13.2. The molecule has 0 unspecified atom stereocenters. The van der Waals surface area contributed by atoms with Crippen LogP contribution in [0.25, 0.3) is 6.08 Å². The van der Waals surface area contributed by atoms with E-state index in [1.807, 2.05) is 18.2 Å². The molecular formula is C13H17FN2O. The highest BCUT2D eigenvalue weighted by molar-refractivity contribution is 5.68. The summed E-state index contributed by atoms with van der Waals surface area (Å²) in [6, 6.07) is 4.85. The van der Waals surface area contributed by atoms with Gasteiger partial charge >= 0.3 is 0 Å². The van der Waals surface area contributed by atoms with Crippen LogP contribution in [0.15, 0.2) is 24.3 Å². The Morgan fingerprint density at radius 2 is 2.12 bits per heavy atom. The zero-order valence-corrected chi connectivity index (χ0v) is 9.73. The van der Waals surface area contributed by atoms with Gasteiger partial charge in [0, 0.05) is 30.9 Å². The third-order valence-corrected chi connectivity index (χ3v) is 2.77. The summed E-state index contributed by atoms with van der Waals surface area (Å²) in [6.45, 7) is 3.58. The number of rotatable bonds is 3. The van der Waals surface area contributed by atoms with Crippen LogP contribution in [0.1, 0.15) is 5.56 Å². The highest BCUT2D eigenvalue weighted by Crippen LogP contribution is 2.23. The first kappa shape index (κ1) is 12.1. The van der Waals surface area contributed by atoms with Crippen molar-refractivity contribution in [3.05, 3.63) is 35.7 Å². The molecule has 1 aromatic carbocycles. The predicted octanol–water partition coefficient (Wildman–Crippen LogP) is 1.63. The van der Waals surface area contributed by atoms with Crippen LogP contribution in [0.5, 0.6) is 0 Å². The molecular weight excluding hydrogens is 219 g/mol. The normalized spacial score (nSPS) is 16.7. The number of morpholine rings is 1. The molecule has 3 nitrogen and oxygen atoms in total. The molecule has 2 rings (SSSR count). The van der Waals surface area contributed by atoms with Gasteiger partial charge in [-0.05, 0) is 18.2 Å². The maximum Gasteiger partial charge on any atom is 0.123 e. The van der Waals surface area contributed by atoms with Crippen molar-refractivity contribution in [2.45, 2.75) is 0 Å². The first-order valence-electron chi connectivity index (χ1n) is 5.80. The SMILES string of the molecule is NC/C=C/c1cc(F)ccc1N1CCOCC1. The third kappa shape index (κ3) is 3.05. The predicted molar refractivity (Wildman–Crippen MR) is 67.5 cm³/mol. The van der Waals surface area contributed by atoms with Crippen LogP contribution in [0.3, 0.4) is 0 Å². The maximum atomic E-state index is 13.2. The molecule has 1 aliphatic heterocycles. The standard InChI is InChI=1S/C13H17FN2O/c14-12-3-4-13(11(10-12)2-1-5-15)16-6-8-17-9-7-16/h1-4,10H,5-9,15H2/b2-1+. The lowest BCUT2D eigenvalue weighted by Crippen LogP contribution is -2.36. The van der Waals surface area contributed by atoms with Gasteiger partial charge in [-0.1, -0.05) is 12.2 Å². The van der Waals surface area contributed by atoms with E-state index >= 15 is 0 Å². The molecule has 0 aromatic heterocycles. The molecule has 92 valence electrons. The summed E-state index contributed by atoms with van der Waals surface area (Å²) in [6.07, 6.45) is 3.70. The van der Waals surface area contributed by atoms with Crippen LogP contribution in [0, 0.1) is 5.82 Å². The van der Waals surface area contributed by atoms with Gasteiger partial charge in [0.15, 0.2) is 0 Å². The van der Waals surface area contributed by atoms with E-state index in [0.29, 0.717) is 6.54 Å². The summed E-state index contributed by atoms with van der Waals surface area (Å²) >= 11 is 0. The lowest BCUT2D eigenvalue weighted by Gasteiger charge is -2.30. The molecule has 4 heteroatoms. The number of ether oxygens (including phenoxy) is 1. The summed E-state index contributed by atoms with van der Waals surface area (Å²) in [5.74, 6) is -0.223. The van der Waals surface area contributed by atoms with Gasteiger partial charge in [0.25, 0.3) is 0 Å². The second-order valence-electron chi connectivity index (χ2n) is 3.94. The summed E-state index contributed by atoms with van der Waals surface area (Å²) in [4.78, 5) is 2.21. The molecule has 0 bridgehead atoms. The van der Waals surface area contributed by atoms with E-state index in [1.165, 1.54) is 12.1 Å². The van der Waals surface area contributed by atoms with Crippen molar-refractivity contribution in [1.29, 1.82) is 0 Å². The number of hydrogen-bond acceptors (Lipinski definition) is 3. The minimum atomic E-state index is -0.223. The van der Waals surface area contributed by atoms with Gasteiger partial charge in [0.1, 0.15) is 5.82 Å². The fourth-order valence-electron chi connectivity index (χ4n) is 1.95. The zero-order valence-electron chi connectivity index (χ0n) is 9.73. The van der Waals surface area contributed by atoms with Gasteiger partial charge in [0.2, 0.25) is 0 Å². The van der Waals surface area contributed by atoms with Crippen LogP contribution in [-0.2, 0) is 4.74 Å². The molecule has 0 spiro atoms. The number of benzene rings is 1. The fourth-order valence-corrected chi connectivity index (χ4v) is 1.95. The monoisotopic (exact) mass is 236 g/mol. The first-order chi connectivity index (χ1) is 8.31. The Morgan fingerprint density at radius 1 is 1.35 bits per heavy atom. The van der Waals surface area contributed by atoms with Crippen molar-refractivity contribution in [2.24, 2.45) is 5.73 Å². The molecule has 1 aromatic rings. The molecule has 0 atom stereocenters. The molecule has 0 amide bonds. The van der Waals surface area contributed by atoms with E-state index in [2.05, 4.69) is 4.90 Å². The average Bonchev–Trinajstić information content (AvgIpc) is 2.37. The van der Waals surface area contributed by atoms with Crippen LogP contribution < -0.4 is 10.6 Å². The van der Waals surface area contributed by atoms with Gasteiger partial charge in [-0.2, -0.15) is 0 Å². The molecule has 1 fully saturated rings. The lowest BCUT2D eigenvalue weighted by atomic mass is 10.1. The smallest absolute Gasteiger partial charge is 0.123 e. The Balaban J connectivity index is 2.27. The largest absolute Gasteiger partial charge is 0.378 e. The molecule has 1 heterocycles. The van der Waals surface area contributed by atoms with Crippen LogP contribution in [-0.4, -0.2) is 32.8 Å². The van der Waals surface area contributed by atoms with E-state index in [-0.39, 0.29) is 5.82 Å². The van der Waals surface area contributed by atoms with Crippen molar-refractivity contribution in [3.8, 4) is 0 Å². The van der Waals surface area contributed by atoms with Gasteiger partial charge in [-0.15, -0.1) is 0 Å². The van der Waals surface area contributed by atoms with Gasteiger partial charge < -0.3 is 15.4 Å². The van der Waals surface area contributed by atoms with Gasteiger partial charge in [-0.3, -0.25) is 0 Å². The Bertz CT molecular complexity index is 400. The highest BCUT2D eigenvalue weighted by atomic mass is 19.1. The first-order valence-corrected chi connectivity index (χ1v) is 5.80. The Morgan fingerprint density at radius 3 is 2.82 bits per heavy atom. The van der Waals surface area contributed by atoms with Crippen molar-refractivity contribution in [3.63, 3.8) is 0 Å². The summed E-state index contributed by atoms with van der Waals surface area (Å²) in [5.41, 5.74) is 7.34. The minimum Gasteiger partial charge on any atom is -0.378 e. The van der Waals surface area contributed by atoms with E-state index in [9.17, 15) is 4.39 Å². The molecule has 1 aliphatic rings. The molecule has 2 N–H and O–H groups in total. The molecule has 1 saturated heterocycles. The second kappa shape index (κ2) is 5.80. The molecule has 17 heavy (non-hydrogen) atoms. The summed E-state index contributed by atoms with van der Waals surface area (Å²) in [7, 11) is 0. The minimum absolute atomic E-state index is 0.223. The van der Waals surface area contributed by atoms with Gasteiger partial charge in [0.05, 0.1) is 13.2 Å². The topological polar surface area (TPSA) is 38.5 Å². The quantitative estimate of drug-likeness (QED) is 0.867. The van der Waals surface area contributed by atoms with Crippen molar-refractivity contribution < 1.29 is 9.13 Å². The summed E-state index contributed by atoms with van der Waals surface area (Å²) in [5, 5.41) is 0. The fraction of sp³-hybridized carbons (Fsp3) is 0.385. The van der Waals surface area contributed by atoms with Crippen LogP contribution in [0.4, 0.5) is 10.1 Å². The number of hydrogen-bond donors (Lipinski definition) is 1. The van der Waals surface area contributed by atoms with Crippen molar-refractivity contribution in [2.75, 3.05) is 37.7 Å². The van der Waals surface area contributed by atoms with Gasteiger partial charge in [-0.25, -0.2) is 4.39 Å². The number of nitrogens with zero attached hydrogens (tertiary/aromatic N) is 1. The third-order valence-electron chi connectivity index (χ3n) is 2.77. The Hall–Kier alpha value is -1.39. The average molecular weight is 236 g/mol. The van der Waals surface area contributed by atoms with E-state index in [4.69, 9.17) is 10.5 Å². The van der Waals surface area contributed by atoms with Crippen molar-refractivity contribution in [1.82, 2.24) is 0 Å². The lowest BCUT2D eigenvalue weighted by molar-refractivity contribution is 0.122. The molecule has 0 aliphatic carbocycles. The van der Waals surface area contributed by atoms with Crippen molar-refractivity contribution >= 4 is 11.8 Å². The number of halogens is 1. The Kier molecular flexibility index (Phi) is 4.12.